The summed E-state index contributed by atoms with van der Waals surface area (Å²) in [6.07, 6.45) is -4.83. The first-order chi connectivity index (χ1) is 14.3. The third-order valence-electron chi connectivity index (χ3n) is 4.48. The molecule has 1 aliphatic rings. The molecule has 2 amide bonds. The van der Waals surface area contributed by atoms with Crippen molar-refractivity contribution in [1.29, 1.82) is 0 Å². The van der Waals surface area contributed by atoms with Crippen molar-refractivity contribution in [2.75, 3.05) is 30.0 Å². The Morgan fingerprint density at radius 3 is 2.67 bits per heavy atom. The molecular weight excluding hydrogens is 401 g/mol. The molecular formula is C21H21F3N2O4. The number of benzene rings is 2. The number of anilines is 2. The molecule has 1 N–H and O–H groups in total. The highest BCUT2D eigenvalue weighted by Gasteiger charge is 2.31. The molecule has 0 aromatic heterocycles. The largest absolute Gasteiger partial charge is 0.492 e. The normalized spacial score (nSPS) is 13.3. The number of carbonyl (C=O) groups is 2. The average Bonchev–Trinajstić information content (AvgIpc) is 2.72. The molecule has 0 spiro atoms. The van der Waals surface area contributed by atoms with Gasteiger partial charge >= 0.3 is 6.18 Å². The molecule has 160 valence electrons. The molecule has 30 heavy (non-hydrogen) atoms. The lowest BCUT2D eigenvalue weighted by atomic mass is 10.1. The van der Waals surface area contributed by atoms with Crippen molar-refractivity contribution >= 4 is 23.2 Å². The van der Waals surface area contributed by atoms with Gasteiger partial charge in [0.15, 0.2) is 0 Å². The Kier molecular flexibility index (Phi) is 6.49. The maximum Gasteiger partial charge on any atom is 0.416 e. The molecule has 0 atom stereocenters. The Labute approximate surface area is 171 Å². The van der Waals surface area contributed by atoms with E-state index in [9.17, 15) is 22.8 Å². The zero-order valence-corrected chi connectivity index (χ0v) is 16.3. The zero-order valence-electron chi connectivity index (χ0n) is 16.3. The molecule has 0 saturated carbocycles. The second-order valence-electron chi connectivity index (χ2n) is 6.55. The molecule has 0 saturated heterocycles. The van der Waals surface area contributed by atoms with Crippen molar-refractivity contribution in [3.8, 4) is 11.5 Å². The van der Waals surface area contributed by atoms with E-state index in [2.05, 4.69) is 5.32 Å². The molecule has 2 aromatic carbocycles. The number of hydrogen-bond donors (Lipinski definition) is 1. The molecule has 0 unspecified atom stereocenters. The van der Waals surface area contributed by atoms with Crippen LogP contribution in [0.1, 0.15) is 25.3 Å². The van der Waals surface area contributed by atoms with Crippen LogP contribution in [0.2, 0.25) is 0 Å². The van der Waals surface area contributed by atoms with E-state index in [-0.39, 0.29) is 36.8 Å². The Bertz CT molecular complexity index is 931. The topological polar surface area (TPSA) is 67.9 Å². The molecule has 1 aliphatic heterocycles. The summed E-state index contributed by atoms with van der Waals surface area (Å²) in [6.45, 7) is 2.61. The number of ether oxygens (including phenoxy) is 2. The van der Waals surface area contributed by atoms with Crippen LogP contribution in [0, 0.1) is 0 Å². The summed E-state index contributed by atoms with van der Waals surface area (Å²) in [7, 11) is 0. The maximum absolute atomic E-state index is 13.0. The van der Waals surface area contributed by atoms with Gasteiger partial charge in [0.1, 0.15) is 18.1 Å². The van der Waals surface area contributed by atoms with Crippen molar-refractivity contribution < 1.29 is 32.2 Å². The molecule has 6 nitrogen and oxygen atoms in total. The van der Waals surface area contributed by atoms with Gasteiger partial charge in [-0.25, -0.2) is 0 Å². The van der Waals surface area contributed by atoms with Gasteiger partial charge in [-0.2, -0.15) is 13.2 Å². The Balaban J connectivity index is 1.65. The van der Waals surface area contributed by atoms with Crippen LogP contribution in [0.15, 0.2) is 42.5 Å². The third-order valence-corrected chi connectivity index (χ3v) is 4.48. The highest BCUT2D eigenvalue weighted by atomic mass is 19.4. The van der Waals surface area contributed by atoms with Gasteiger partial charge in [0.05, 0.1) is 30.1 Å². The van der Waals surface area contributed by atoms with Crippen molar-refractivity contribution in [3.05, 3.63) is 48.0 Å². The molecule has 0 bridgehead atoms. The van der Waals surface area contributed by atoms with Gasteiger partial charge < -0.3 is 19.7 Å². The van der Waals surface area contributed by atoms with E-state index in [0.29, 0.717) is 24.6 Å². The first-order valence-electron chi connectivity index (χ1n) is 9.45. The van der Waals surface area contributed by atoms with E-state index in [1.165, 1.54) is 0 Å². The maximum atomic E-state index is 13.0. The Morgan fingerprint density at radius 1 is 1.17 bits per heavy atom. The van der Waals surface area contributed by atoms with E-state index in [4.69, 9.17) is 9.47 Å². The van der Waals surface area contributed by atoms with Crippen molar-refractivity contribution in [2.45, 2.75) is 25.9 Å². The quantitative estimate of drug-likeness (QED) is 0.756. The van der Waals surface area contributed by atoms with Crippen LogP contribution >= 0.6 is 0 Å². The fourth-order valence-electron chi connectivity index (χ4n) is 3.08. The van der Waals surface area contributed by atoms with Crippen LogP contribution in [-0.2, 0) is 15.8 Å². The van der Waals surface area contributed by atoms with Crippen LogP contribution in [0.4, 0.5) is 24.5 Å². The standard InChI is InChI=1S/C21H21F3N2O4/c1-2-29-17-8-7-14(21(22,23)24)13-15(17)25-19(27)9-10-20(28)26-11-12-30-18-6-4-3-5-16(18)26/h3-8,13H,2,9-12H2,1H3,(H,25,27). The second kappa shape index (κ2) is 9.06. The summed E-state index contributed by atoms with van der Waals surface area (Å²) >= 11 is 0. The predicted molar refractivity (Wildman–Crippen MR) is 105 cm³/mol. The predicted octanol–water partition coefficient (Wildman–Crippen LogP) is 4.25. The minimum atomic E-state index is -4.55. The van der Waals surface area contributed by atoms with E-state index >= 15 is 0 Å². The fourth-order valence-corrected chi connectivity index (χ4v) is 3.08. The molecule has 0 fully saturated rings. The summed E-state index contributed by atoms with van der Waals surface area (Å²) in [5, 5.41) is 2.43. The molecule has 2 aromatic rings. The smallest absolute Gasteiger partial charge is 0.416 e. The van der Waals surface area contributed by atoms with Gasteiger partial charge in [-0.1, -0.05) is 12.1 Å². The van der Waals surface area contributed by atoms with Crippen LogP contribution in [0.3, 0.4) is 0 Å². The lowest BCUT2D eigenvalue weighted by molar-refractivity contribution is -0.137. The van der Waals surface area contributed by atoms with E-state index in [1.807, 2.05) is 0 Å². The highest BCUT2D eigenvalue weighted by molar-refractivity contribution is 5.99. The number of halogens is 3. The summed E-state index contributed by atoms with van der Waals surface area (Å²) in [6, 6.07) is 9.96. The third kappa shape index (κ3) is 5.03. The van der Waals surface area contributed by atoms with Crippen LogP contribution in [-0.4, -0.2) is 31.6 Å². The molecule has 0 aliphatic carbocycles. The lowest BCUT2D eigenvalue weighted by Gasteiger charge is -2.29. The first-order valence-corrected chi connectivity index (χ1v) is 9.45. The Morgan fingerprint density at radius 2 is 1.93 bits per heavy atom. The van der Waals surface area contributed by atoms with Gasteiger partial charge in [-0.3, -0.25) is 9.59 Å². The van der Waals surface area contributed by atoms with Crippen molar-refractivity contribution in [2.24, 2.45) is 0 Å². The number of nitrogens with zero attached hydrogens (tertiary/aromatic N) is 1. The number of fused-ring (bicyclic) bond motifs is 1. The summed E-state index contributed by atoms with van der Waals surface area (Å²) in [4.78, 5) is 26.5. The van der Waals surface area contributed by atoms with E-state index in [1.54, 1.807) is 36.1 Å². The van der Waals surface area contributed by atoms with Crippen molar-refractivity contribution in [3.63, 3.8) is 0 Å². The number of carbonyl (C=O) groups excluding carboxylic acids is 2. The first kappa shape index (κ1) is 21.5. The summed E-state index contributed by atoms with van der Waals surface area (Å²) in [5.41, 5.74) is -0.353. The SMILES string of the molecule is CCOc1ccc(C(F)(F)F)cc1NC(=O)CCC(=O)N1CCOc2ccccc21. The average molecular weight is 422 g/mol. The van der Waals surface area contributed by atoms with Crippen molar-refractivity contribution in [1.82, 2.24) is 0 Å². The minimum Gasteiger partial charge on any atom is -0.492 e. The second-order valence-corrected chi connectivity index (χ2v) is 6.55. The highest BCUT2D eigenvalue weighted by Crippen LogP contribution is 2.35. The summed E-state index contributed by atoms with van der Waals surface area (Å²) in [5.74, 6) is -0.126. The zero-order chi connectivity index (χ0) is 21.7. The number of nitrogens with one attached hydrogen (secondary N) is 1. The minimum absolute atomic E-state index is 0.0826. The fraction of sp³-hybridized carbons (Fsp3) is 0.333. The van der Waals surface area contributed by atoms with Gasteiger partial charge in [-0.05, 0) is 37.3 Å². The molecule has 0 radical (unpaired) electrons. The number of rotatable bonds is 6. The van der Waals surface area contributed by atoms with Crippen LogP contribution in [0.5, 0.6) is 11.5 Å². The lowest BCUT2D eigenvalue weighted by Crippen LogP contribution is -2.38. The number of para-hydroxylation sites is 2. The van der Waals surface area contributed by atoms with Gasteiger partial charge in [0, 0.05) is 12.8 Å². The van der Waals surface area contributed by atoms with Gasteiger partial charge in [0.25, 0.3) is 0 Å². The van der Waals surface area contributed by atoms with Gasteiger partial charge in [-0.15, -0.1) is 0 Å². The number of alkyl halides is 3. The molecule has 9 heteroatoms. The Hall–Kier alpha value is -3.23. The summed E-state index contributed by atoms with van der Waals surface area (Å²) < 4.78 is 49.8. The van der Waals surface area contributed by atoms with Crippen LogP contribution < -0.4 is 19.7 Å². The molecule has 3 rings (SSSR count). The monoisotopic (exact) mass is 422 g/mol. The van der Waals surface area contributed by atoms with E-state index in [0.717, 1.165) is 18.2 Å². The van der Waals surface area contributed by atoms with Crippen LogP contribution in [0.25, 0.3) is 0 Å². The number of amides is 2. The van der Waals surface area contributed by atoms with Gasteiger partial charge in [0.2, 0.25) is 11.8 Å². The molecule has 1 heterocycles. The number of hydrogen-bond acceptors (Lipinski definition) is 4. The van der Waals surface area contributed by atoms with E-state index < -0.39 is 17.6 Å².